The molecule has 0 atom stereocenters. The van der Waals surface area contributed by atoms with Crippen molar-refractivity contribution in [2.75, 3.05) is 13.1 Å². The SMILES string of the molecule is Cc1cc(C(=O)NC2CC(N(CC(=O)O)CC3CC3)C2)c(C)n1-c1ccccn1. The zero-order valence-corrected chi connectivity index (χ0v) is 17.0. The summed E-state index contributed by atoms with van der Waals surface area (Å²) in [4.78, 5) is 30.5. The van der Waals surface area contributed by atoms with Crippen LogP contribution in [0.2, 0.25) is 0 Å². The maximum Gasteiger partial charge on any atom is 0.317 e. The molecule has 2 fully saturated rings. The van der Waals surface area contributed by atoms with Crippen molar-refractivity contribution in [3.05, 3.63) is 47.4 Å². The van der Waals surface area contributed by atoms with Gasteiger partial charge in [0, 0.05) is 36.2 Å². The summed E-state index contributed by atoms with van der Waals surface area (Å²) in [7, 11) is 0. The van der Waals surface area contributed by atoms with Crippen molar-refractivity contribution in [2.24, 2.45) is 5.92 Å². The van der Waals surface area contributed by atoms with Gasteiger partial charge in [0.15, 0.2) is 0 Å². The lowest BCUT2D eigenvalue weighted by Gasteiger charge is -2.42. The number of rotatable bonds is 8. The van der Waals surface area contributed by atoms with Gasteiger partial charge < -0.3 is 15.0 Å². The van der Waals surface area contributed by atoms with Crippen molar-refractivity contribution in [2.45, 2.75) is 51.6 Å². The second-order valence-corrected chi connectivity index (χ2v) is 8.37. The Balaban J connectivity index is 1.38. The van der Waals surface area contributed by atoms with E-state index in [2.05, 4.69) is 15.2 Å². The summed E-state index contributed by atoms with van der Waals surface area (Å²) in [5, 5.41) is 12.3. The largest absolute Gasteiger partial charge is 0.480 e. The number of carboxylic acids is 1. The summed E-state index contributed by atoms with van der Waals surface area (Å²) in [6.07, 6.45) is 5.77. The molecule has 29 heavy (non-hydrogen) atoms. The highest BCUT2D eigenvalue weighted by molar-refractivity contribution is 5.96. The highest BCUT2D eigenvalue weighted by Gasteiger charge is 2.38. The summed E-state index contributed by atoms with van der Waals surface area (Å²) >= 11 is 0. The van der Waals surface area contributed by atoms with E-state index in [1.54, 1.807) is 6.20 Å². The molecular weight excluding hydrogens is 368 g/mol. The minimum absolute atomic E-state index is 0.0734. The van der Waals surface area contributed by atoms with Gasteiger partial charge in [-0.1, -0.05) is 6.07 Å². The van der Waals surface area contributed by atoms with Gasteiger partial charge in [-0.25, -0.2) is 4.98 Å². The summed E-state index contributed by atoms with van der Waals surface area (Å²) < 4.78 is 1.99. The molecule has 0 unspecified atom stereocenters. The van der Waals surface area contributed by atoms with Crippen molar-refractivity contribution >= 4 is 11.9 Å². The molecule has 2 heterocycles. The Hall–Kier alpha value is -2.67. The first-order valence-electron chi connectivity index (χ1n) is 10.3. The van der Waals surface area contributed by atoms with Crippen LogP contribution in [0.15, 0.2) is 30.5 Å². The highest BCUT2D eigenvalue weighted by atomic mass is 16.4. The number of aromatic nitrogens is 2. The second kappa shape index (κ2) is 7.99. The lowest BCUT2D eigenvalue weighted by Crippen LogP contribution is -2.55. The quantitative estimate of drug-likeness (QED) is 0.716. The molecule has 7 heteroatoms. The van der Waals surface area contributed by atoms with E-state index in [9.17, 15) is 14.7 Å². The van der Waals surface area contributed by atoms with Crippen molar-refractivity contribution in [1.29, 1.82) is 0 Å². The molecule has 2 aromatic rings. The van der Waals surface area contributed by atoms with Crippen molar-refractivity contribution in [3.8, 4) is 5.82 Å². The standard InChI is InChI=1S/C22H28N4O3/c1-14-9-19(15(2)26(14)20-5-3-4-8-23-20)22(29)24-17-10-18(11-17)25(13-21(27)28)12-16-6-7-16/h3-5,8-9,16-18H,6-7,10-13H2,1-2H3,(H,24,29)(H,27,28). The number of carbonyl (C=O) groups excluding carboxylic acids is 1. The predicted molar refractivity (Wildman–Crippen MR) is 109 cm³/mol. The molecule has 0 aliphatic heterocycles. The Morgan fingerprint density at radius 3 is 2.66 bits per heavy atom. The molecule has 0 radical (unpaired) electrons. The normalized spacial score (nSPS) is 21.1. The Morgan fingerprint density at radius 2 is 2.03 bits per heavy atom. The molecule has 2 aliphatic rings. The zero-order valence-electron chi connectivity index (χ0n) is 17.0. The smallest absolute Gasteiger partial charge is 0.317 e. The zero-order chi connectivity index (χ0) is 20.5. The van der Waals surface area contributed by atoms with Crippen LogP contribution in [-0.4, -0.2) is 56.6 Å². The maximum atomic E-state index is 12.9. The first-order valence-corrected chi connectivity index (χ1v) is 10.3. The van der Waals surface area contributed by atoms with Gasteiger partial charge in [-0.2, -0.15) is 0 Å². The maximum absolute atomic E-state index is 12.9. The van der Waals surface area contributed by atoms with Gasteiger partial charge in [-0.05, 0) is 63.6 Å². The average Bonchev–Trinajstić information content (AvgIpc) is 3.41. The number of aliphatic carboxylic acids is 1. The molecule has 4 rings (SSSR count). The Bertz CT molecular complexity index is 898. The van der Waals surface area contributed by atoms with Crippen molar-refractivity contribution < 1.29 is 14.7 Å². The number of carboxylic acid groups (broad SMARTS) is 1. The van der Waals surface area contributed by atoms with E-state index in [-0.39, 0.29) is 24.5 Å². The van der Waals surface area contributed by atoms with Gasteiger partial charge in [0.2, 0.25) is 0 Å². The summed E-state index contributed by atoms with van der Waals surface area (Å²) in [5.41, 5.74) is 2.50. The van der Waals surface area contributed by atoms with Crippen LogP contribution in [0.5, 0.6) is 0 Å². The molecule has 154 valence electrons. The number of nitrogens with zero attached hydrogens (tertiary/aromatic N) is 3. The monoisotopic (exact) mass is 396 g/mol. The first-order chi connectivity index (χ1) is 13.9. The Kier molecular flexibility index (Phi) is 5.41. The Morgan fingerprint density at radius 1 is 1.28 bits per heavy atom. The molecule has 2 aliphatic carbocycles. The lowest BCUT2D eigenvalue weighted by atomic mass is 9.85. The minimum atomic E-state index is -0.778. The van der Waals surface area contributed by atoms with Gasteiger partial charge in [0.05, 0.1) is 12.1 Å². The van der Waals surface area contributed by atoms with E-state index in [0.717, 1.165) is 36.6 Å². The number of pyridine rings is 1. The van der Waals surface area contributed by atoms with Crippen LogP contribution in [0.3, 0.4) is 0 Å². The second-order valence-electron chi connectivity index (χ2n) is 8.37. The van der Waals surface area contributed by atoms with Gasteiger partial charge >= 0.3 is 5.97 Å². The number of amides is 1. The molecule has 0 bridgehead atoms. The van der Waals surface area contributed by atoms with E-state index in [0.29, 0.717) is 11.5 Å². The molecule has 2 N–H and O–H groups in total. The fourth-order valence-electron chi connectivity index (χ4n) is 4.25. The van der Waals surface area contributed by atoms with Crippen molar-refractivity contribution in [1.82, 2.24) is 19.8 Å². The third kappa shape index (κ3) is 4.34. The van der Waals surface area contributed by atoms with Crippen LogP contribution in [0, 0.1) is 19.8 Å². The van der Waals surface area contributed by atoms with Gasteiger partial charge in [0.1, 0.15) is 5.82 Å². The van der Waals surface area contributed by atoms with Gasteiger partial charge in [-0.3, -0.25) is 14.5 Å². The van der Waals surface area contributed by atoms with Crippen LogP contribution in [0.4, 0.5) is 0 Å². The van der Waals surface area contributed by atoms with E-state index in [1.165, 1.54) is 12.8 Å². The summed E-state index contributed by atoms with van der Waals surface area (Å²) in [6, 6.07) is 7.97. The Labute approximate surface area is 170 Å². The number of nitrogens with one attached hydrogen (secondary N) is 1. The van der Waals surface area contributed by atoms with Crippen LogP contribution in [0.1, 0.15) is 47.4 Å². The lowest BCUT2D eigenvalue weighted by molar-refractivity contribution is -0.139. The number of aryl methyl sites for hydroxylation is 1. The third-order valence-corrected chi connectivity index (χ3v) is 6.05. The van der Waals surface area contributed by atoms with Crippen LogP contribution in [-0.2, 0) is 4.79 Å². The summed E-state index contributed by atoms with van der Waals surface area (Å²) in [6.45, 7) is 4.86. The summed E-state index contributed by atoms with van der Waals surface area (Å²) in [5.74, 6) is 0.602. The third-order valence-electron chi connectivity index (χ3n) is 6.05. The highest BCUT2D eigenvalue weighted by Crippen LogP contribution is 2.34. The topological polar surface area (TPSA) is 87.5 Å². The van der Waals surface area contributed by atoms with Crippen LogP contribution in [0.25, 0.3) is 5.82 Å². The predicted octanol–water partition coefficient (Wildman–Crippen LogP) is 2.55. The van der Waals surface area contributed by atoms with E-state index >= 15 is 0 Å². The molecule has 7 nitrogen and oxygen atoms in total. The van der Waals surface area contributed by atoms with Gasteiger partial charge in [-0.15, -0.1) is 0 Å². The van der Waals surface area contributed by atoms with Crippen molar-refractivity contribution in [3.63, 3.8) is 0 Å². The number of hydrogen-bond donors (Lipinski definition) is 2. The fraction of sp³-hybridized carbons (Fsp3) is 0.500. The molecule has 0 spiro atoms. The molecule has 2 saturated carbocycles. The van der Waals surface area contributed by atoms with E-state index < -0.39 is 5.97 Å². The van der Waals surface area contributed by atoms with Gasteiger partial charge in [0.25, 0.3) is 5.91 Å². The molecular formula is C22H28N4O3. The van der Waals surface area contributed by atoms with Crippen LogP contribution >= 0.6 is 0 Å². The molecule has 2 aromatic heterocycles. The fourth-order valence-corrected chi connectivity index (χ4v) is 4.25. The number of hydrogen-bond acceptors (Lipinski definition) is 4. The first kappa shape index (κ1) is 19.6. The number of carbonyl (C=O) groups is 2. The van der Waals surface area contributed by atoms with E-state index in [1.807, 2.05) is 42.7 Å². The average molecular weight is 396 g/mol. The molecule has 0 aromatic carbocycles. The molecule has 1 amide bonds. The minimum Gasteiger partial charge on any atom is -0.480 e. The molecule has 0 saturated heterocycles. The van der Waals surface area contributed by atoms with E-state index in [4.69, 9.17) is 0 Å². The van der Waals surface area contributed by atoms with Crippen LogP contribution < -0.4 is 5.32 Å².